The Morgan fingerprint density at radius 2 is 1.88 bits per heavy atom. The van der Waals surface area contributed by atoms with E-state index in [9.17, 15) is 17.6 Å². The monoisotopic (exact) mass is 362 g/mol. The maximum absolute atomic E-state index is 13.0. The average Bonchev–Trinajstić information content (AvgIpc) is 2.99. The molecule has 2 aromatic rings. The topological polar surface area (TPSA) is 57.7 Å². The summed E-state index contributed by atoms with van der Waals surface area (Å²) >= 11 is 0. The summed E-state index contributed by atoms with van der Waals surface area (Å²) in [6.07, 6.45) is 1.77. The maximum atomic E-state index is 13.0. The van der Waals surface area contributed by atoms with E-state index in [1.807, 2.05) is 0 Å². The number of fused-ring (bicyclic) bond motifs is 1. The zero-order chi connectivity index (χ0) is 18.2. The predicted octanol–water partition coefficient (Wildman–Crippen LogP) is 2.42. The van der Waals surface area contributed by atoms with E-state index in [1.165, 1.54) is 22.7 Å². The zero-order valence-corrected chi connectivity index (χ0v) is 14.9. The highest BCUT2D eigenvalue weighted by Crippen LogP contribution is 2.31. The van der Waals surface area contributed by atoms with Crippen molar-refractivity contribution < 1.29 is 17.6 Å². The normalized spacial score (nSPS) is 13.6. The molecule has 1 aliphatic rings. The molecule has 0 unspecified atom stereocenters. The summed E-state index contributed by atoms with van der Waals surface area (Å²) in [6.45, 7) is 0.767. The molecule has 0 aliphatic carbocycles. The van der Waals surface area contributed by atoms with E-state index in [4.69, 9.17) is 0 Å². The largest absolute Gasteiger partial charge is 0.337 e. The van der Waals surface area contributed by atoms with Crippen LogP contribution < -0.4 is 4.31 Å². The number of hydrogen-bond acceptors (Lipinski definition) is 3. The molecule has 0 bridgehead atoms. The first-order valence-corrected chi connectivity index (χ1v) is 9.71. The van der Waals surface area contributed by atoms with Gasteiger partial charge in [-0.3, -0.25) is 9.10 Å². The molecule has 0 fully saturated rings. The van der Waals surface area contributed by atoms with Gasteiger partial charge in [0.05, 0.1) is 11.9 Å². The fourth-order valence-corrected chi connectivity index (χ4v) is 3.96. The number of sulfonamides is 1. The molecule has 2 aromatic carbocycles. The van der Waals surface area contributed by atoms with Gasteiger partial charge < -0.3 is 4.90 Å². The Bertz CT molecular complexity index is 910. The highest BCUT2D eigenvalue weighted by Gasteiger charge is 2.27. The number of halogens is 1. The molecule has 7 heteroatoms. The summed E-state index contributed by atoms with van der Waals surface area (Å²) in [4.78, 5) is 14.2. The molecule has 0 radical (unpaired) electrons. The molecule has 0 N–H and O–H groups in total. The van der Waals surface area contributed by atoms with Crippen molar-refractivity contribution >= 4 is 21.6 Å². The quantitative estimate of drug-likeness (QED) is 0.839. The van der Waals surface area contributed by atoms with Crippen LogP contribution in [0.15, 0.2) is 42.5 Å². The number of carbonyl (C=O) groups is 1. The number of hydrogen-bond donors (Lipinski definition) is 0. The average molecular weight is 362 g/mol. The van der Waals surface area contributed by atoms with Crippen molar-refractivity contribution in [2.24, 2.45) is 0 Å². The lowest BCUT2D eigenvalue weighted by Gasteiger charge is -2.19. The van der Waals surface area contributed by atoms with Crippen LogP contribution in [0, 0.1) is 5.82 Å². The Balaban J connectivity index is 1.78. The number of rotatable bonds is 4. The van der Waals surface area contributed by atoms with E-state index >= 15 is 0 Å². The van der Waals surface area contributed by atoms with Crippen molar-refractivity contribution in [3.63, 3.8) is 0 Å². The fraction of sp³-hybridized carbons (Fsp3) is 0.278. The van der Waals surface area contributed by atoms with E-state index in [-0.39, 0.29) is 11.7 Å². The van der Waals surface area contributed by atoms with Gasteiger partial charge in [0.15, 0.2) is 0 Å². The van der Waals surface area contributed by atoms with Crippen molar-refractivity contribution in [1.29, 1.82) is 0 Å². The highest BCUT2D eigenvalue weighted by molar-refractivity contribution is 7.92. The molecule has 1 amide bonds. The van der Waals surface area contributed by atoms with E-state index in [1.54, 1.807) is 42.3 Å². The van der Waals surface area contributed by atoms with E-state index in [0.717, 1.165) is 11.1 Å². The summed E-state index contributed by atoms with van der Waals surface area (Å²) in [6, 6.07) is 11.1. The Hall–Kier alpha value is -2.41. The summed E-state index contributed by atoms with van der Waals surface area (Å²) in [5.74, 6) is -0.475. The predicted molar refractivity (Wildman–Crippen MR) is 94.5 cm³/mol. The molecule has 132 valence electrons. The molecule has 1 aliphatic heterocycles. The van der Waals surface area contributed by atoms with Crippen LogP contribution in [0.3, 0.4) is 0 Å². The van der Waals surface area contributed by atoms with E-state index in [0.29, 0.717) is 30.8 Å². The number of carbonyl (C=O) groups excluding carboxylic acids is 1. The van der Waals surface area contributed by atoms with E-state index < -0.39 is 10.0 Å². The van der Waals surface area contributed by atoms with Gasteiger partial charge in [-0.1, -0.05) is 12.1 Å². The molecular weight excluding hydrogens is 343 g/mol. The molecule has 0 spiro atoms. The van der Waals surface area contributed by atoms with Gasteiger partial charge in [-0.05, 0) is 47.9 Å². The minimum Gasteiger partial charge on any atom is -0.337 e. The van der Waals surface area contributed by atoms with Crippen molar-refractivity contribution in [3.05, 3.63) is 65.0 Å². The number of nitrogens with zero attached hydrogens (tertiary/aromatic N) is 2. The van der Waals surface area contributed by atoms with Gasteiger partial charge in [-0.15, -0.1) is 0 Å². The van der Waals surface area contributed by atoms with Crippen LogP contribution >= 0.6 is 0 Å². The Labute approximate surface area is 146 Å². The lowest BCUT2D eigenvalue weighted by molar-refractivity contribution is 0.0785. The summed E-state index contributed by atoms with van der Waals surface area (Å²) in [7, 11) is -1.62. The number of anilines is 1. The van der Waals surface area contributed by atoms with Crippen LogP contribution in [0.1, 0.15) is 21.5 Å². The Kier molecular flexibility index (Phi) is 4.51. The zero-order valence-electron chi connectivity index (χ0n) is 14.1. The van der Waals surface area contributed by atoms with Gasteiger partial charge in [0.1, 0.15) is 5.82 Å². The first-order valence-electron chi connectivity index (χ1n) is 7.86. The SMILES string of the molecule is CN(Cc1ccc(F)cc1)C(=O)c1ccc2c(c1)CCN2S(C)(=O)=O. The lowest BCUT2D eigenvalue weighted by Crippen LogP contribution is -2.27. The Morgan fingerprint density at radius 3 is 2.52 bits per heavy atom. The first-order chi connectivity index (χ1) is 11.8. The molecule has 1 heterocycles. The van der Waals surface area contributed by atoms with Crippen molar-refractivity contribution in [2.75, 3.05) is 24.2 Å². The Morgan fingerprint density at radius 1 is 1.20 bits per heavy atom. The minimum absolute atomic E-state index is 0.162. The highest BCUT2D eigenvalue weighted by atomic mass is 32.2. The fourth-order valence-electron chi connectivity index (χ4n) is 3.00. The third-order valence-electron chi connectivity index (χ3n) is 4.26. The van der Waals surface area contributed by atoms with Crippen molar-refractivity contribution in [2.45, 2.75) is 13.0 Å². The maximum Gasteiger partial charge on any atom is 0.253 e. The standard InChI is InChI=1S/C18H19FN2O3S/c1-20(12-13-3-6-16(19)7-4-13)18(22)15-5-8-17-14(11-15)9-10-21(17)25(2,23)24/h3-8,11H,9-10,12H2,1-2H3. The van der Waals surface area contributed by atoms with Crippen LogP contribution in [-0.2, 0) is 23.0 Å². The summed E-state index contributed by atoms with van der Waals surface area (Å²) in [5.41, 5.74) is 2.84. The molecule has 0 saturated carbocycles. The van der Waals surface area contributed by atoms with Crippen molar-refractivity contribution in [1.82, 2.24) is 4.90 Å². The third kappa shape index (κ3) is 3.66. The van der Waals surface area contributed by atoms with Gasteiger partial charge in [0.25, 0.3) is 5.91 Å². The number of amides is 1. The molecule has 0 atom stereocenters. The van der Waals surface area contributed by atoms with Crippen LogP contribution in [0.2, 0.25) is 0 Å². The van der Waals surface area contributed by atoms with Crippen LogP contribution in [0.4, 0.5) is 10.1 Å². The second-order valence-corrected chi connectivity index (χ2v) is 8.12. The van der Waals surface area contributed by atoms with Gasteiger partial charge in [0, 0.05) is 25.7 Å². The summed E-state index contributed by atoms with van der Waals surface area (Å²) in [5, 5.41) is 0. The second-order valence-electron chi connectivity index (χ2n) is 6.22. The minimum atomic E-state index is -3.30. The second kappa shape index (κ2) is 6.48. The first kappa shape index (κ1) is 17.4. The van der Waals surface area contributed by atoms with Gasteiger partial charge in [-0.2, -0.15) is 0 Å². The number of benzene rings is 2. The molecule has 5 nitrogen and oxygen atoms in total. The van der Waals surface area contributed by atoms with Gasteiger partial charge in [-0.25, -0.2) is 12.8 Å². The smallest absolute Gasteiger partial charge is 0.253 e. The van der Waals surface area contributed by atoms with Crippen molar-refractivity contribution in [3.8, 4) is 0 Å². The molecule has 0 saturated heterocycles. The van der Waals surface area contributed by atoms with Gasteiger partial charge >= 0.3 is 0 Å². The van der Waals surface area contributed by atoms with E-state index in [2.05, 4.69) is 0 Å². The molecule has 0 aromatic heterocycles. The molecular formula is C18H19FN2O3S. The van der Waals surface area contributed by atoms with Gasteiger partial charge in [0.2, 0.25) is 10.0 Å². The van der Waals surface area contributed by atoms with Crippen LogP contribution in [-0.4, -0.2) is 39.1 Å². The summed E-state index contributed by atoms with van der Waals surface area (Å²) < 4.78 is 37.9. The molecule has 25 heavy (non-hydrogen) atoms. The molecule has 3 rings (SSSR count). The van der Waals surface area contributed by atoms with Crippen LogP contribution in [0.5, 0.6) is 0 Å². The third-order valence-corrected chi connectivity index (χ3v) is 5.44. The lowest BCUT2D eigenvalue weighted by atomic mass is 10.1. The van der Waals surface area contributed by atoms with Crippen LogP contribution in [0.25, 0.3) is 0 Å².